The number of hydrogen-bond acceptors (Lipinski definition) is 3. The van der Waals surface area contributed by atoms with Crippen molar-refractivity contribution in [2.75, 3.05) is 10.7 Å². The maximum absolute atomic E-state index is 13.0. The van der Waals surface area contributed by atoms with E-state index in [0.717, 1.165) is 0 Å². The van der Waals surface area contributed by atoms with Crippen molar-refractivity contribution in [3.63, 3.8) is 0 Å². The highest BCUT2D eigenvalue weighted by Gasteiger charge is 2.67. The number of rotatable bonds is 6. The standard InChI is InChI=1S/C23H15Cl5FN3O2/c24-12-7-11(8-13(25)9-12)19-20(23(19,27)28)22(34)30-16-5-6-18(26)17(10-16)21(33)32-31-15-3-1-14(29)2-4-15/h1-10,19-20,31H,(H,30,34)(H,32,33). The van der Waals surface area contributed by atoms with E-state index in [1.807, 2.05) is 0 Å². The third-order valence-corrected chi connectivity index (χ3v) is 6.93. The lowest BCUT2D eigenvalue weighted by Gasteiger charge is -2.11. The van der Waals surface area contributed by atoms with Crippen molar-refractivity contribution < 1.29 is 14.0 Å². The summed E-state index contributed by atoms with van der Waals surface area (Å²) < 4.78 is 11.7. The molecule has 2 unspecified atom stereocenters. The number of hydrazine groups is 1. The van der Waals surface area contributed by atoms with Crippen molar-refractivity contribution in [3.8, 4) is 0 Å². The first kappa shape index (κ1) is 24.9. The maximum Gasteiger partial charge on any atom is 0.271 e. The fourth-order valence-corrected chi connectivity index (χ4v) is 5.12. The van der Waals surface area contributed by atoms with Gasteiger partial charge in [0.25, 0.3) is 5.91 Å². The molecule has 3 N–H and O–H groups in total. The maximum atomic E-state index is 13.0. The van der Waals surface area contributed by atoms with Gasteiger partial charge in [0.05, 0.1) is 22.2 Å². The Labute approximate surface area is 219 Å². The summed E-state index contributed by atoms with van der Waals surface area (Å²) in [6.07, 6.45) is 0. The molecule has 0 spiro atoms. The molecule has 1 aliphatic carbocycles. The fraction of sp³-hybridized carbons (Fsp3) is 0.130. The van der Waals surface area contributed by atoms with Gasteiger partial charge in [-0.2, -0.15) is 0 Å². The largest absolute Gasteiger partial charge is 0.326 e. The number of halogens is 6. The van der Waals surface area contributed by atoms with E-state index in [2.05, 4.69) is 16.2 Å². The molecule has 2 amide bonds. The summed E-state index contributed by atoms with van der Waals surface area (Å²) >= 11 is 31.1. The van der Waals surface area contributed by atoms with Gasteiger partial charge in [-0.25, -0.2) is 4.39 Å². The summed E-state index contributed by atoms with van der Waals surface area (Å²) in [5.74, 6) is -2.69. The lowest BCUT2D eigenvalue weighted by Crippen LogP contribution is -2.29. The number of benzene rings is 3. The second-order valence-electron chi connectivity index (χ2n) is 7.60. The summed E-state index contributed by atoms with van der Waals surface area (Å²) in [4.78, 5) is 25.5. The Morgan fingerprint density at radius 3 is 2.12 bits per heavy atom. The SMILES string of the molecule is O=C(NNc1ccc(F)cc1)c1cc(NC(=O)C2C(c3cc(Cl)cc(Cl)c3)C2(Cl)Cl)ccc1Cl. The quantitative estimate of drug-likeness (QED) is 0.223. The van der Waals surface area contributed by atoms with E-state index in [1.54, 1.807) is 24.3 Å². The molecule has 34 heavy (non-hydrogen) atoms. The summed E-state index contributed by atoms with van der Waals surface area (Å²) in [7, 11) is 0. The number of carbonyl (C=O) groups is 2. The van der Waals surface area contributed by atoms with Gasteiger partial charge in [-0.3, -0.25) is 20.4 Å². The molecule has 0 heterocycles. The van der Waals surface area contributed by atoms with Crippen LogP contribution in [-0.4, -0.2) is 16.1 Å². The smallest absolute Gasteiger partial charge is 0.271 e. The van der Waals surface area contributed by atoms with Gasteiger partial charge in [-0.05, 0) is 66.2 Å². The van der Waals surface area contributed by atoms with Crippen LogP contribution in [0.25, 0.3) is 0 Å². The van der Waals surface area contributed by atoms with Crippen molar-refractivity contribution in [3.05, 3.63) is 92.7 Å². The van der Waals surface area contributed by atoms with E-state index in [-0.39, 0.29) is 10.6 Å². The molecule has 0 aromatic heterocycles. The molecule has 0 radical (unpaired) electrons. The number of carbonyl (C=O) groups excluding carboxylic acids is 2. The van der Waals surface area contributed by atoms with Crippen LogP contribution in [0.2, 0.25) is 15.1 Å². The molecule has 1 aliphatic rings. The molecule has 11 heteroatoms. The molecule has 1 fully saturated rings. The molecule has 5 nitrogen and oxygen atoms in total. The lowest BCUT2D eigenvalue weighted by molar-refractivity contribution is -0.117. The van der Waals surface area contributed by atoms with Gasteiger partial charge in [-0.1, -0.05) is 34.8 Å². The van der Waals surface area contributed by atoms with Gasteiger partial charge < -0.3 is 5.32 Å². The third kappa shape index (κ3) is 5.37. The van der Waals surface area contributed by atoms with Crippen LogP contribution in [0.4, 0.5) is 15.8 Å². The summed E-state index contributed by atoms with van der Waals surface area (Å²) in [5, 5.41) is 3.69. The number of hydrogen-bond donors (Lipinski definition) is 3. The molecule has 2 atom stereocenters. The predicted molar refractivity (Wildman–Crippen MR) is 135 cm³/mol. The Kier molecular flexibility index (Phi) is 7.17. The van der Waals surface area contributed by atoms with Gasteiger partial charge in [0.15, 0.2) is 0 Å². The molecule has 0 bridgehead atoms. The van der Waals surface area contributed by atoms with Crippen molar-refractivity contribution in [2.45, 2.75) is 10.3 Å². The van der Waals surface area contributed by atoms with Gasteiger partial charge in [0, 0.05) is 21.7 Å². The Morgan fingerprint density at radius 1 is 0.853 bits per heavy atom. The second kappa shape index (κ2) is 9.80. The van der Waals surface area contributed by atoms with E-state index in [0.29, 0.717) is 27.0 Å². The Balaban J connectivity index is 1.45. The average molecular weight is 562 g/mol. The average Bonchev–Trinajstić information content (AvgIpc) is 3.36. The van der Waals surface area contributed by atoms with Crippen LogP contribution in [-0.2, 0) is 4.79 Å². The molecule has 4 rings (SSSR count). The molecule has 1 saturated carbocycles. The van der Waals surface area contributed by atoms with E-state index >= 15 is 0 Å². The van der Waals surface area contributed by atoms with Crippen molar-refractivity contribution in [2.24, 2.45) is 5.92 Å². The molecule has 176 valence electrons. The van der Waals surface area contributed by atoms with Gasteiger partial charge >= 0.3 is 0 Å². The molecular weight excluding hydrogens is 547 g/mol. The van der Waals surface area contributed by atoms with Crippen LogP contribution in [0.15, 0.2) is 60.7 Å². The zero-order chi connectivity index (χ0) is 24.6. The predicted octanol–water partition coefficient (Wildman–Crippen LogP) is 7.07. The van der Waals surface area contributed by atoms with E-state index in [4.69, 9.17) is 58.0 Å². The zero-order valence-electron chi connectivity index (χ0n) is 17.0. The van der Waals surface area contributed by atoms with Crippen molar-refractivity contribution in [1.29, 1.82) is 0 Å². The Morgan fingerprint density at radius 2 is 1.47 bits per heavy atom. The molecular formula is C23H15Cl5FN3O2. The highest BCUT2D eigenvalue weighted by molar-refractivity contribution is 6.53. The zero-order valence-corrected chi connectivity index (χ0v) is 20.8. The van der Waals surface area contributed by atoms with Crippen LogP contribution < -0.4 is 16.2 Å². The van der Waals surface area contributed by atoms with Gasteiger partial charge in [0.2, 0.25) is 5.91 Å². The summed E-state index contributed by atoms with van der Waals surface area (Å²) in [6.45, 7) is 0. The number of alkyl halides is 2. The van der Waals surface area contributed by atoms with Crippen molar-refractivity contribution in [1.82, 2.24) is 5.43 Å². The highest BCUT2D eigenvalue weighted by Crippen LogP contribution is 2.65. The minimum absolute atomic E-state index is 0.103. The van der Waals surface area contributed by atoms with E-state index in [1.165, 1.54) is 36.4 Å². The minimum Gasteiger partial charge on any atom is -0.326 e. The second-order valence-corrected chi connectivity index (χ2v) is 10.3. The van der Waals surface area contributed by atoms with Crippen LogP contribution in [0, 0.1) is 11.7 Å². The fourth-order valence-electron chi connectivity index (χ4n) is 3.55. The lowest BCUT2D eigenvalue weighted by atomic mass is 10.1. The first-order valence-corrected chi connectivity index (χ1v) is 11.7. The van der Waals surface area contributed by atoms with E-state index in [9.17, 15) is 14.0 Å². The summed E-state index contributed by atoms with van der Waals surface area (Å²) in [5.41, 5.74) is 6.66. The Hall–Kier alpha value is -2.22. The van der Waals surface area contributed by atoms with Crippen LogP contribution in [0.1, 0.15) is 21.8 Å². The van der Waals surface area contributed by atoms with Gasteiger partial charge in [-0.15, -0.1) is 23.2 Å². The van der Waals surface area contributed by atoms with E-state index < -0.39 is 33.8 Å². The molecule has 3 aromatic carbocycles. The number of anilines is 2. The highest BCUT2D eigenvalue weighted by atomic mass is 35.5. The van der Waals surface area contributed by atoms with Crippen LogP contribution in [0.3, 0.4) is 0 Å². The third-order valence-electron chi connectivity index (χ3n) is 5.22. The number of amides is 2. The first-order chi connectivity index (χ1) is 16.1. The normalized spacial score (nSPS) is 18.2. The summed E-state index contributed by atoms with van der Waals surface area (Å²) in [6, 6.07) is 14.7. The minimum atomic E-state index is -1.34. The molecule has 0 saturated heterocycles. The van der Waals surface area contributed by atoms with Crippen LogP contribution >= 0.6 is 58.0 Å². The number of nitrogens with one attached hydrogen (secondary N) is 3. The molecule has 0 aliphatic heterocycles. The Bertz CT molecular complexity index is 1250. The van der Waals surface area contributed by atoms with Gasteiger partial charge in [0.1, 0.15) is 10.2 Å². The van der Waals surface area contributed by atoms with Crippen molar-refractivity contribution >= 4 is 81.2 Å². The van der Waals surface area contributed by atoms with Crippen LogP contribution in [0.5, 0.6) is 0 Å². The molecule has 3 aromatic rings. The topological polar surface area (TPSA) is 70.2 Å². The first-order valence-electron chi connectivity index (χ1n) is 9.82. The monoisotopic (exact) mass is 559 g/mol.